The zero-order valence-electron chi connectivity index (χ0n) is 14.0. The van der Waals surface area contributed by atoms with Crippen LogP contribution in [-0.4, -0.2) is 96.2 Å². The summed E-state index contributed by atoms with van der Waals surface area (Å²) >= 11 is 0. The Morgan fingerprint density at radius 1 is 1.16 bits per heavy atom. The van der Waals surface area contributed by atoms with E-state index < -0.39 is 6.10 Å². The van der Waals surface area contributed by atoms with E-state index in [1.165, 1.54) is 0 Å². The average molecular weight is 349 g/mol. The van der Waals surface area contributed by atoms with E-state index >= 15 is 0 Å². The van der Waals surface area contributed by atoms with Gasteiger partial charge in [-0.15, -0.1) is 0 Å². The minimum absolute atomic E-state index is 0.0383. The van der Waals surface area contributed by atoms with Crippen molar-refractivity contribution in [3.05, 3.63) is 18.5 Å². The molecule has 3 fully saturated rings. The summed E-state index contributed by atoms with van der Waals surface area (Å²) in [5, 5.41) is 12.7. The Kier molecular flexibility index (Phi) is 4.80. The van der Waals surface area contributed by atoms with Crippen molar-refractivity contribution < 1.29 is 19.4 Å². The molecule has 1 aromatic rings. The lowest BCUT2D eigenvalue weighted by Gasteiger charge is -2.34. The van der Waals surface area contributed by atoms with Crippen molar-refractivity contribution >= 4 is 11.9 Å². The van der Waals surface area contributed by atoms with Gasteiger partial charge in [0, 0.05) is 38.6 Å². The summed E-state index contributed by atoms with van der Waals surface area (Å²) in [5.41, 5.74) is 0. The Hall–Kier alpha value is -1.81. The molecule has 4 rings (SSSR count). The van der Waals surface area contributed by atoms with Crippen LogP contribution in [0.3, 0.4) is 0 Å². The zero-order chi connectivity index (χ0) is 17.2. The Labute approximate surface area is 145 Å². The van der Waals surface area contributed by atoms with Gasteiger partial charge in [0.2, 0.25) is 11.9 Å². The van der Waals surface area contributed by atoms with Crippen molar-refractivity contribution in [2.75, 3.05) is 50.8 Å². The summed E-state index contributed by atoms with van der Waals surface area (Å²) in [6.07, 6.45) is 2.31. The van der Waals surface area contributed by atoms with Gasteiger partial charge in [0.05, 0.1) is 25.8 Å². The number of anilines is 1. The summed E-state index contributed by atoms with van der Waals surface area (Å²) in [4.78, 5) is 25.1. The Morgan fingerprint density at radius 2 is 1.88 bits per heavy atom. The van der Waals surface area contributed by atoms with Gasteiger partial charge in [0.1, 0.15) is 18.3 Å². The number of hydrogen-bond acceptors (Lipinski definition) is 8. The van der Waals surface area contributed by atoms with E-state index in [0.717, 1.165) is 32.1 Å². The number of carbonyl (C=O) groups excluding carboxylic acids is 1. The van der Waals surface area contributed by atoms with Crippen LogP contribution in [0.15, 0.2) is 18.5 Å². The number of nitrogens with zero attached hydrogens (tertiary/aromatic N) is 4. The van der Waals surface area contributed by atoms with Crippen molar-refractivity contribution in [3.8, 4) is 0 Å². The highest BCUT2D eigenvalue weighted by Crippen LogP contribution is 2.26. The molecule has 9 heteroatoms. The molecule has 4 heterocycles. The minimum Gasteiger partial charge on any atom is -0.388 e. The monoisotopic (exact) mass is 349 g/mol. The van der Waals surface area contributed by atoms with Crippen LogP contribution in [0.25, 0.3) is 0 Å². The summed E-state index contributed by atoms with van der Waals surface area (Å²) < 4.78 is 11.1. The molecule has 1 aromatic heterocycles. The third-order valence-electron chi connectivity index (χ3n) is 4.95. The summed E-state index contributed by atoms with van der Waals surface area (Å²) in [6, 6.07) is 1.61. The van der Waals surface area contributed by atoms with Gasteiger partial charge in [-0.05, 0) is 6.07 Å². The number of amides is 1. The second-order valence-electron chi connectivity index (χ2n) is 6.65. The predicted molar refractivity (Wildman–Crippen MR) is 88.1 cm³/mol. The maximum Gasteiger partial charge on any atom is 0.234 e. The van der Waals surface area contributed by atoms with Crippen molar-refractivity contribution in [3.63, 3.8) is 0 Å². The third-order valence-corrected chi connectivity index (χ3v) is 4.95. The topological polar surface area (TPSA) is 100 Å². The van der Waals surface area contributed by atoms with E-state index in [2.05, 4.69) is 25.1 Å². The highest BCUT2D eigenvalue weighted by atomic mass is 16.6. The van der Waals surface area contributed by atoms with E-state index in [9.17, 15) is 9.90 Å². The number of piperazine rings is 1. The Bertz CT molecular complexity index is 595. The molecule has 0 aromatic carbocycles. The van der Waals surface area contributed by atoms with Crippen LogP contribution in [0, 0.1) is 0 Å². The van der Waals surface area contributed by atoms with Crippen LogP contribution in [0.4, 0.5) is 5.95 Å². The number of carbonyl (C=O) groups is 1. The first-order valence-corrected chi connectivity index (χ1v) is 8.65. The Morgan fingerprint density at radius 3 is 2.64 bits per heavy atom. The van der Waals surface area contributed by atoms with Crippen molar-refractivity contribution in [2.45, 2.75) is 24.4 Å². The van der Waals surface area contributed by atoms with Gasteiger partial charge in [-0.3, -0.25) is 9.69 Å². The molecule has 3 saturated heterocycles. The van der Waals surface area contributed by atoms with Gasteiger partial charge in [0.15, 0.2) is 0 Å². The largest absolute Gasteiger partial charge is 0.388 e. The van der Waals surface area contributed by atoms with Crippen LogP contribution in [0.5, 0.6) is 0 Å². The number of ether oxygens (including phenoxy) is 2. The van der Waals surface area contributed by atoms with Crippen LogP contribution < -0.4 is 10.2 Å². The fourth-order valence-corrected chi connectivity index (χ4v) is 3.62. The molecule has 4 atom stereocenters. The number of aliphatic hydroxyl groups is 1. The van der Waals surface area contributed by atoms with Gasteiger partial charge >= 0.3 is 0 Å². The molecule has 3 aliphatic rings. The summed E-state index contributed by atoms with van der Waals surface area (Å²) in [5.74, 6) is 0.696. The van der Waals surface area contributed by atoms with Crippen LogP contribution in [0.1, 0.15) is 0 Å². The highest BCUT2D eigenvalue weighted by Gasteiger charge is 2.47. The predicted octanol–water partition coefficient (Wildman–Crippen LogP) is -1.76. The second kappa shape index (κ2) is 7.20. The number of aromatic nitrogens is 2. The van der Waals surface area contributed by atoms with E-state index in [1.807, 2.05) is 0 Å². The maximum absolute atomic E-state index is 12.3. The Balaban J connectivity index is 1.23. The summed E-state index contributed by atoms with van der Waals surface area (Å²) in [6.45, 7) is 4.16. The van der Waals surface area contributed by atoms with E-state index in [-0.39, 0.29) is 30.8 Å². The first kappa shape index (κ1) is 16.6. The molecule has 3 aliphatic heterocycles. The second-order valence-corrected chi connectivity index (χ2v) is 6.65. The first-order chi connectivity index (χ1) is 12.2. The van der Waals surface area contributed by atoms with Gasteiger partial charge < -0.3 is 24.8 Å². The van der Waals surface area contributed by atoms with Crippen LogP contribution in [0.2, 0.25) is 0 Å². The molecule has 0 unspecified atom stereocenters. The number of rotatable bonds is 4. The molecule has 9 nitrogen and oxygen atoms in total. The van der Waals surface area contributed by atoms with E-state index in [4.69, 9.17) is 9.47 Å². The molecule has 25 heavy (non-hydrogen) atoms. The van der Waals surface area contributed by atoms with Gasteiger partial charge in [-0.25, -0.2) is 9.97 Å². The lowest BCUT2D eigenvalue weighted by Crippen LogP contribution is -2.52. The quantitative estimate of drug-likeness (QED) is 0.660. The molecule has 0 radical (unpaired) electrons. The standard InChI is InChI=1S/C16H23N5O4/c22-12-10-25-14-11(9-24-15(12)14)19-13(23)8-20-4-6-21(7-5-20)16-17-2-1-3-18-16/h1-3,11-12,14-15,22H,4-10H2,(H,19,23)/t11-,12-,14-,15-/m1/s1. The summed E-state index contributed by atoms with van der Waals surface area (Å²) in [7, 11) is 0. The SMILES string of the molecule is O=C(CN1CCN(c2ncccn2)CC1)N[C@@H]1CO[C@H]2[C@@H]1OC[C@H]2O. The first-order valence-electron chi connectivity index (χ1n) is 8.65. The molecular weight excluding hydrogens is 326 g/mol. The van der Waals surface area contributed by atoms with E-state index in [1.54, 1.807) is 18.5 Å². The fourth-order valence-electron chi connectivity index (χ4n) is 3.62. The van der Waals surface area contributed by atoms with Crippen LogP contribution in [-0.2, 0) is 14.3 Å². The molecule has 2 N–H and O–H groups in total. The molecule has 0 aliphatic carbocycles. The highest BCUT2D eigenvalue weighted by molar-refractivity contribution is 5.78. The van der Waals surface area contributed by atoms with Crippen LogP contribution >= 0.6 is 0 Å². The number of fused-ring (bicyclic) bond motifs is 1. The van der Waals surface area contributed by atoms with Crippen molar-refractivity contribution in [1.29, 1.82) is 0 Å². The third kappa shape index (κ3) is 3.59. The maximum atomic E-state index is 12.3. The lowest BCUT2D eigenvalue weighted by molar-refractivity contribution is -0.123. The zero-order valence-corrected chi connectivity index (χ0v) is 14.0. The van der Waals surface area contributed by atoms with Gasteiger partial charge in [-0.2, -0.15) is 0 Å². The molecule has 0 spiro atoms. The van der Waals surface area contributed by atoms with Gasteiger partial charge in [-0.1, -0.05) is 0 Å². The van der Waals surface area contributed by atoms with Crippen molar-refractivity contribution in [1.82, 2.24) is 20.2 Å². The van der Waals surface area contributed by atoms with Crippen molar-refractivity contribution in [2.24, 2.45) is 0 Å². The molecular formula is C16H23N5O4. The molecule has 1 amide bonds. The number of hydrogen-bond donors (Lipinski definition) is 2. The smallest absolute Gasteiger partial charge is 0.234 e. The molecule has 0 saturated carbocycles. The minimum atomic E-state index is -0.597. The molecule has 0 bridgehead atoms. The van der Waals surface area contributed by atoms with Gasteiger partial charge in [0.25, 0.3) is 0 Å². The fraction of sp³-hybridized carbons (Fsp3) is 0.688. The van der Waals surface area contributed by atoms with E-state index in [0.29, 0.717) is 13.2 Å². The normalized spacial score (nSPS) is 32.6. The average Bonchev–Trinajstić information content (AvgIpc) is 3.20. The molecule has 136 valence electrons. The number of aliphatic hydroxyl groups excluding tert-OH is 1. The number of nitrogens with one attached hydrogen (secondary N) is 1. The lowest BCUT2D eigenvalue weighted by atomic mass is 10.1.